The van der Waals surface area contributed by atoms with E-state index in [0.29, 0.717) is 6.42 Å². The van der Waals surface area contributed by atoms with Crippen LogP contribution in [0.2, 0.25) is 18.1 Å². The van der Waals surface area contributed by atoms with E-state index in [1.165, 1.54) is 14.0 Å². The summed E-state index contributed by atoms with van der Waals surface area (Å²) in [6, 6.07) is 0. The highest BCUT2D eigenvalue weighted by Crippen LogP contribution is 2.43. The average Bonchev–Trinajstić information content (AvgIpc) is 2.45. The minimum atomic E-state index is -2.21. The van der Waals surface area contributed by atoms with Gasteiger partial charge in [0.25, 0.3) is 0 Å². The molecule has 0 amide bonds. The molecule has 1 aliphatic rings. The van der Waals surface area contributed by atoms with Crippen LogP contribution in [0.4, 0.5) is 0 Å². The van der Waals surface area contributed by atoms with E-state index in [1.54, 1.807) is 0 Å². The van der Waals surface area contributed by atoms with Crippen molar-refractivity contribution in [1.29, 1.82) is 0 Å². The first-order valence-corrected chi connectivity index (χ1v) is 12.0. The van der Waals surface area contributed by atoms with Gasteiger partial charge in [-0.3, -0.25) is 9.59 Å². The van der Waals surface area contributed by atoms with Crippen LogP contribution in [-0.2, 0) is 23.5 Å². The topological polar surface area (TPSA) is 61.8 Å². The van der Waals surface area contributed by atoms with Crippen LogP contribution in [0.1, 0.15) is 59.8 Å². The Morgan fingerprint density at radius 2 is 1.88 bits per heavy atom. The summed E-state index contributed by atoms with van der Waals surface area (Å²) < 4.78 is 17.3. The molecular formula is C19H34O5Si. The Labute approximate surface area is 153 Å². The molecular weight excluding hydrogens is 336 g/mol. The SMILES string of the molecule is COC(=O)CC1(O[Si](C)(C)C(C)(C)C)CCCC/C=C/C1OC(C)=O. The van der Waals surface area contributed by atoms with Gasteiger partial charge < -0.3 is 13.9 Å². The Morgan fingerprint density at radius 3 is 2.40 bits per heavy atom. The molecule has 2 atom stereocenters. The molecule has 0 radical (unpaired) electrons. The molecule has 0 aromatic heterocycles. The Hall–Kier alpha value is -1.14. The van der Waals surface area contributed by atoms with Gasteiger partial charge in [-0.25, -0.2) is 0 Å². The van der Waals surface area contributed by atoms with E-state index in [0.717, 1.165) is 19.3 Å². The molecule has 0 N–H and O–H groups in total. The van der Waals surface area contributed by atoms with Crippen molar-refractivity contribution in [1.82, 2.24) is 0 Å². The highest BCUT2D eigenvalue weighted by molar-refractivity contribution is 6.74. The van der Waals surface area contributed by atoms with Crippen LogP contribution in [0.15, 0.2) is 12.2 Å². The second-order valence-corrected chi connectivity index (χ2v) is 13.1. The van der Waals surface area contributed by atoms with E-state index in [-0.39, 0.29) is 23.4 Å². The zero-order chi connectivity index (χ0) is 19.3. The molecule has 5 nitrogen and oxygen atoms in total. The van der Waals surface area contributed by atoms with Gasteiger partial charge in [-0.1, -0.05) is 33.3 Å². The van der Waals surface area contributed by atoms with Crippen LogP contribution < -0.4 is 0 Å². The number of methoxy groups -OCH3 is 1. The third-order valence-electron chi connectivity index (χ3n) is 5.28. The number of hydrogen-bond donors (Lipinski definition) is 0. The van der Waals surface area contributed by atoms with E-state index >= 15 is 0 Å². The quantitative estimate of drug-likeness (QED) is 0.408. The first kappa shape index (κ1) is 21.9. The molecule has 0 bridgehead atoms. The molecule has 0 aromatic rings. The maximum absolute atomic E-state index is 12.2. The molecule has 0 fully saturated rings. The van der Waals surface area contributed by atoms with Crippen molar-refractivity contribution in [2.24, 2.45) is 0 Å². The predicted molar refractivity (Wildman–Crippen MR) is 101 cm³/mol. The normalized spacial score (nSPS) is 26.3. The predicted octanol–water partition coefficient (Wildman–Crippen LogP) is 4.37. The van der Waals surface area contributed by atoms with Crippen LogP contribution >= 0.6 is 0 Å². The van der Waals surface area contributed by atoms with Gasteiger partial charge in [0.15, 0.2) is 8.32 Å². The van der Waals surface area contributed by atoms with Gasteiger partial charge in [0.2, 0.25) is 0 Å². The van der Waals surface area contributed by atoms with Crippen LogP contribution in [0.25, 0.3) is 0 Å². The molecule has 0 aliphatic heterocycles. The minimum Gasteiger partial charge on any atom is -0.469 e. The fraction of sp³-hybridized carbons (Fsp3) is 0.789. The third kappa shape index (κ3) is 5.96. The highest BCUT2D eigenvalue weighted by atomic mass is 28.4. The summed E-state index contributed by atoms with van der Waals surface area (Å²) in [4.78, 5) is 23.9. The summed E-state index contributed by atoms with van der Waals surface area (Å²) in [6.45, 7) is 12.2. The van der Waals surface area contributed by atoms with Gasteiger partial charge in [-0.05, 0) is 43.5 Å². The van der Waals surface area contributed by atoms with Crippen molar-refractivity contribution in [2.45, 2.75) is 89.6 Å². The number of allylic oxidation sites excluding steroid dienone is 1. The van der Waals surface area contributed by atoms with Crippen LogP contribution in [0.5, 0.6) is 0 Å². The molecule has 0 saturated heterocycles. The van der Waals surface area contributed by atoms with Crippen molar-refractivity contribution in [3.63, 3.8) is 0 Å². The molecule has 1 aliphatic carbocycles. The number of rotatable bonds is 5. The Kier molecular flexibility index (Phi) is 7.44. The summed E-state index contributed by atoms with van der Waals surface area (Å²) in [7, 11) is -0.832. The molecule has 0 saturated carbocycles. The van der Waals surface area contributed by atoms with Gasteiger partial charge in [0.05, 0.1) is 13.5 Å². The molecule has 0 aromatic carbocycles. The lowest BCUT2D eigenvalue weighted by Gasteiger charge is -2.48. The maximum Gasteiger partial charge on any atom is 0.308 e. The fourth-order valence-corrected chi connectivity index (χ4v) is 4.47. The molecule has 1 rings (SSSR count). The second kappa shape index (κ2) is 8.49. The lowest BCUT2D eigenvalue weighted by molar-refractivity contribution is -0.164. The second-order valence-electron chi connectivity index (χ2n) is 8.38. The van der Waals surface area contributed by atoms with Gasteiger partial charge >= 0.3 is 11.9 Å². The molecule has 2 unspecified atom stereocenters. The lowest BCUT2D eigenvalue weighted by atomic mass is 9.85. The molecule has 25 heavy (non-hydrogen) atoms. The van der Waals surface area contributed by atoms with Crippen LogP contribution in [0.3, 0.4) is 0 Å². The van der Waals surface area contributed by atoms with E-state index in [4.69, 9.17) is 13.9 Å². The molecule has 6 heteroatoms. The maximum atomic E-state index is 12.2. The largest absolute Gasteiger partial charge is 0.469 e. The summed E-state index contributed by atoms with van der Waals surface area (Å²) in [5.41, 5.74) is -0.876. The zero-order valence-corrected chi connectivity index (χ0v) is 17.8. The summed E-state index contributed by atoms with van der Waals surface area (Å²) in [5.74, 6) is -0.715. The highest BCUT2D eigenvalue weighted by Gasteiger charge is 2.50. The monoisotopic (exact) mass is 370 g/mol. The standard InChI is InChI=1S/C19H34O5Si/c1-15(20)23-16-12-10-8-9-11-13-19(16,14-17(21)22-5)24-25(6,7)18(2,3)4/h10,12,16H,8-9,11,13-14H2,1-7H3/b12-10+. The minimum absolute atomic E-state index is 0.0248. The number of ether oxygens (including phenoxy) is 2. The van der Waals surface area contributed by atoms with E-state index < -0.39 is 20.0 Å². The van der Waals surface area contributed by atoms with E-state index in [2.05, 4.69) is 33.9 Å². The van der Waals surface area contributed by atoms with Crippen LogP contribution in [0, 0.1) is 0 Å². The molecule has 0 heterocycles. The van der Waals surface area contributed by atoms with Gasteiger partial charge in [-0.2, -0.15) is 0 Å². The van der Waals surface area contributed by atoms with Gasteiger partial charge in [0, 0.05) is 6.92 Å². The number of esters is 2. The Bertz CT molecular complexity index is 506. The number of hydrogen-bond acceptors (Lipinski definition) is 5. The van der Waals surface area contributed by atoms with Crippen molar-refractivity contribution in [3.8, 4) is 0 Å². The molecule has 144 valence electrons. The molecule has 0 spiro atoms. The Morgan fingerprint density at radius 1 is 1.24 bits per heavy atom. The zero-order valence-electron chi connectivity index (χ0n) is 16.8. The first-order valence-electron chi connectivity index (χ1n) is 9.04. The van der Waals surface area contributed by atoms with Crippen molar-refractivity contribution < 1.29 is 23.5 Å². The van der Waals surface area contributed by atoms with Crippen molar-refractivity contribution in [2.75, 3.05) is 7.11 Å². The van der Waals surface area contributed by atoms with E-state index in [1.807, 2.05) is 12.2 Å². The average molecular weight is 371 g/mol. The summed E-state index contributed by atoms with van der Waals surface area (Å²) in [5, 5.41) is -0.0248. The van der Waals surface area contributed by atoms with Gasteiger partial charge in [0.1, 0.15) is 11.7 Å². The Balaban J connectivity index is 3.36. The number of carbonyl (C=O) groups excluding carboxylic acids is 2. The van der Waals surface area contributed by atoms with Gasteiger partial charge in [-0.15, -0.1) is 0 Å². The summed E-state index contributed by atoms with van der Waals surface area (Å²) >= 11 is 0. The van der Waals surface area contributed by atoms with E-state index in [9.17, 15) is 9.59 Å². The van der Waals surface area contributed by atoms with Crippen molar-refractivity contribution in [3.05, 3.63) is 12.2 Å². The lowest BCUT2D eigenvalue weighted by Crippen LogP contribution is -2.57. The number of carbonyl (C=O) groups is 2. The first-order chi connectivity index (χ1) is 11.4. The van der Waals surface area contributed by atoms with Crippen molar-refractivity contribution >= 4 is 20.3 Å². The smallest absolute Gasteiger partial charge is 0.308 e. The van der Waals surface area contributed by atoms with Crippen LogP contribution in [-0.4, -0.2) is 39.1 Å². The summed E-state index contributed by atoms with van der Waals surface area (Å²) in [6.07, 6.45) is 6.94. The third-order valence-corrected chi connectivity index (χ3v) is 9.81. The fourth-order valence-electron chi connectivity index (χ4n) is 2.86.